The normalized spacial score (nSPS) is 33.5. The second-order valence-corrected chi connectivity index (χ2v) is 5.41. The molecule has 17 heavy (non-hydrogen) atoms. The molecule has 2 nitrogen and oxygen atoms in total. The molecule has 1 saturated carbocycles. The van der Waals surface area contributed by atoms with Crippen LogP contribution in [-0.2, 0) is 5.41 Å². The van der Waals surface area contributed by atoms with Gasteiger partial charge >= 0.3 is 0 Å². The second-order valence-electron chi connectivity index (χ2n) is 5.41. The summed E-state index contributed by atoms with van der Waals surface area (Å²) >= 11 is 0. The summed E-state index contributed by atoms with van der Waals surface area (Å²) in [5.41, 5.74) is 3.54. The smallest absolute Gasteiger partial charge is 0.187 e. The molecule has 1 aliphatic heterocycles. The van der Waals surface area contributed by atoms with Crippen LogP contribution in [0.4, 0.5) is 0 Å². The summed E-state index contributed by atoms with van der Waals surface area (Å²) in [6, 6.07) is 8.14. The summed E-state index contributed by atoms with van der Waals surface area (Å²) in [7, 11) is 0. The van der Waals surface area contributed by atoms with Gasteiger partial charge in [-0.2, -0.15) is 0 Å². The molecule has 1 aromatic carbocycles. The first-order valence-electron chi connectivity index (χ1n) is 6.42. The number of hydrogen-bond acceptors (Lipinski definition) is 2. The zero-order valence-corrected chi connectivity index (χ0v) is 9.70. The van der Waals surface area contributed by atoms with Crippen molar-refractivity contribution in [3.63, 3.8) is 0 Å². The van der Waals surface area contributed by atoms with Gasteiger partial charge in [-0.25, -0.2) is 0 Å². The van der Waals surface area contributed by atoms with Crippen LogP contribution in [-0.4, -0.2) is 12.3 Å². The molecule has 2 aliphatic carbocycles. The highest BCUT2D eigenvalue weighted by molar-refractivity contribution is 6.08. The van der Waals surface area contributed by atoms with Crippen LogP contribution in [0.5, 0.6) is 0 Å². The van der Waals surface area contributed by atoms with E-state index in [1.807, 2.05) is 18.2 Å². The maximum atomic E-state index is 12.1. The van der Waals surface area contributed by atoms with Crippen LogP contribution in [0.2, 0.25) is 0 Å². The molecule has 1 aromatic rings. The van der Waals surface area contributed by atoms with E-state index in [9.17, 15) is 4.79 Å². The zero-order chi connectivity index (χ0) is 11.5. The number of benzene rings is 1. The Hall–Kier alpha value is -1.57. The SMILES string of the molecule is O=C1C=C2NCCC[C@H]3C[C@@]23c2ccccc21. The molecule has 1 N–H and O–H groups in total. The third kappa shape index (κ3) is 1.08. The Morgan fingerprint density at radius 1 is 1.29 bits per heavy atom. The summed E-state index contributed by atoms with van der Waals surface area (Å²) in [5, 5.41) is 3.48. The van der Waals surface area contributed by atoms with Gasteiger partial charge in [0.15, 0.2) is 5.78 Å². The van der Waals surface area contributed by atoms with Gasteiger partial charge in [-0.05, 0) is 30.7 Å². The van der Waals surface area contributed by atoms with Crippen molar-refractivity contribution in [3.05, 3.63) is 47.2 Å². The van der Waals surface area contributed by atoms with Gasteiger partial charge < -0.3 is 5.32 Å². The average molecular weight is 225 g/mol. The van der Waals surface area contributed by atoms with Crippen LogP contribution in [0.3, 0.4) is 0 Å². The predicted octanol–water partition coefficient (Wildman–Crippen LogP) is 2.41. The Bertz CT molecular complexity index is 546. The van der Waals surface area contributed by atoms with Crippen molar-refractivity contribution in [3.8, 4) is 0 Å². The fourth-order valence-electron chi connectivity index (χ4n) is 3.69. The van der Waals surface area contributed by atoms with Gasteiger partial charge in [-0.3, -0.25) is 4.79 Å². The fraction of sp³-hybridized carbons (Fsp3) is 0.400. The molecule has 0 aromatic heterocycles. The first-order chi connectivity index (χ1) is 8.32. The summed E-state index contributed by atoms with van der Waals surface area (Å²) in [6.07, 6.45) is 5.57. The number of carbonyl (C=O) groups excluding carboxylic acids is 1. The Balaban J connectivity index is 1.95. The van der Waals surface area contributed by atoms with Gasteiger partial charge in [0.25, 0.3) is 0 Å². The molecule has 86 valence electrons. The minimum atomic E-state index is 0.168. The predicted molar refractivity (Wildman–Crippen MR) is 65.9 cm³/mol. The quantitative estimate of drug-likeness (QED) is 0.734. The lowest BCUT2D eigenvalue weighted by molar-refractivity contribution is 0.104. The zero-order valence-electron chi connectivity index (χ0n) is 9.70. The summed E-state index contributed by atoms with van der Waals surface area (Å²) in [4.78, 5) is 12.1. The Kier molecular flexibility index (Phi) is 1.67. The van der Waals surface area contributed by atoms with E-state index in [-0.39, 0.29) is 11.2 Å². The molecular formula is C15H15NO. The first kappa shape index (κ1) is 9.46. The molecule has 2 heteroatoms. The number of nitrogens with one attached hydrogen (secondary N) is 1. The van der Waals surface area contributed by atoms with E-state index in [0.717, 1.165) is 18.0 Å². The molecule has 4 rings (SSSR count). The van der Waals surface area contributed by atoms with Crippen molar-refractivity contribution in [1.82, 2.24) is 5.32 Å². The molecule has 0 bridgehead atoms. The van der Waals surface area contributed by atoms with E-state index in [2.05, 4.69) is 17.4 Å². The molecule has 1 heterocycles. The number of fused-ring (bicyclic) bond motifs is 1. The Labute approximate surface area is 101 Å². The third-order valence-electron chi connectivity index (χ3n) is 4.58. The number of ketones is 1. The average Bonchev–Trinajstić information content (AvgIpc) is 3.07. The van der Waals surface area contributed by atoms with Gasteiger partial charge in [-0.1, -0.05) is 24.3 Å². The Morgan fingerprint density at radius 3 is 3.12 bits per heavy atom. The Morgan fingerprint density at radius 2 is 2.18 bits per heavy atom. The van der Waals surface area contributed by atoms with E-state index in [1.54, 1.807) is 0 Å². The van der Waals surface area contributed by atoms with E-state index < -0.39 is 0 Å². The number of allylic oxidation sites excluding steroid dienone is 2. The van der Waals surface area contributed by atoms with Gasteiger partial charge in [-0.15, -0.1) is 0 Å². The van der Waals surface area contributed by atoms with Crippen LogP contribution in [0, 0.1) is 5.92 Å². The molecule has 3 aliphatic rings. The summed E-state index contributed by atoms with van der Waals surface area (Å²) in [5.74, 6) is 0.916. The largest absolute Gasteiger partial charge is 0.387 e. The molecule has 0 amide bonds. The second kappa shape index (κ2) is 3.00. The maximum absolute atomic E-state index is 12.1. The highest BCUT2D eigenvalue weighted by Gasteiger charge is 2.60. The van der Waals surface area contributed by atoms with E-state index in [0.29, 0.717) is 0 Å². The van der Waals surface area contributed by atoms with Crippen molar-refractivity contribution in [2.75, 3.05) is 6.54 Å². The van der Waals surface area contributed by atoms with Gasteiger partial charge in [0, 0.05) is 29.3 Å². The van der Waals surface area contributed by atoms with Gasteiger partial charge in [0.2, 0.25) is 0 Å². The fourth-order valence-corrected chi connectivity index (χ4v) is 3.69. The van der Waals surface area contributed by atoms with Crippen LogP contribution in [0.1, 0.15) is 35.2 Å². The van der Waals surface area contributed by atoms with E-state index in [4.69, 9.17) is 0 Å². The topological polar surface area (TPSA) is 29.1 Å². The maximum Gasteiger partial charge on any atom is 0.187 e. The minimum absolute atomic E-state index is 0.168. The number of rotatable bonds is 0. The standard InChI is InChI=1S/C15H15NO/c17-13-8-14-15(9-10(15)4-3-7-16-14)12-6-2-1-5-11(12)13/h1-2,5-6,8,10,16H,3-4,7,9H2/t10-,15+/m0/s1. The highest BCUT2D eigenvalue weighted by Crippen LogP contribution is 2.63. The third-order valence-corrected chi connectivity index (χ3v) is 4.58. The summed E-state index contributed by atoms with van der Waals surface area (Å²) in [6.45, 7) is 1.01. The van der Waals surface area contributed by atoms with Crippen molar-refractivity contribution in [1.29, 1.82) is 0 Å². The monoisotopic (exact) mass is 225 g/mol. The first-order valence-corrected chi connectivity index (χ1v) is 6.42. The van der Waals surface area contributed by atoms with Gasteiger partial charge in [0.1, 0.15) is 0 Å². The lowest BCUT2D eigenvalue weighted by atomic mass is 9.80. The molecule has 0 radical (unpaired) electrons. The van der Waals surface area contributed by atoms with E-state index in [1.165, 1.54) is 30.5 Å². The van der Waals surface area contributed by atoms with Crippen molar-refractivity contribution in [2.45, 2.75) is 24.7 Å². The van der Waals surface area contributed by atoms with Crippen molar-refractivity contribution < 1.29 is 4.79 Å². The highest BCUT2D eigenvalue weighted by atomic mass is 16.1. The molecular weight excluding hydrogens is 210 g/mol. The number of hydrogen-bond donors (Lipinski definition) is 1. The molecule has 1 saturated heterocycles. The van der Waals surface area contributed by atoms with Crippen molar-refractivity contribution >= 4 is 5.78 Å². The molecule has 1 spiro atoms. The van der Waals surface area contributed by atoms with Crippen LogP contribution < -0.4 is 5.32 Å². The number of carbonyl (C=O) groups is 1. The van der Waals surface area contributed by atoms with Gasteiger partial charge in [0.05, 0.1) is 0 Å². The van der Waals surface area contributed by atoms with E-state index >= 15 is 0 Å². The van der Waals surface area contributed by atoms with Crippen LogP contribution >= 0.6 is 0 Å². The van der Waals surface area contributed by atoms with Crippen LogP contribution in [0.25, 0.3) is 0 Å². The lowest BCUT2D eigenvalue weighted by Crippen LogP contribution is -2.30. The van der Waals surface area contributed by atoms with Crippen molar-refractivity contribution in [2.24, 2.45) is 5.92 Å². The molecule has 2 atom stereocenters. The van der Waals surface area contributed by atoms with Crippen LogP contribution in [0.15, 0.2) is 36.0 Å². The molecule has 2 fully saturated rings. The summed E-state index contributed by atoms with van der Waals surface area (Å²) < 4.78 is 0. The lowest BCUT2D eigenvalue weighted by Gasteiger charge is -2.27. The minimum Gasteiger partial charge on any atom is -0.387 e. The molecule has 0 unspecified atom stereocenters.